The fourth-order valence-electron chi connectivity index (χ4n) is 2.60. The van der Waals surface area contributed by atoms with Crippen molar-refractivity contribution >= 4 is 17.9 Å². The van der Waals surface area contributed by atoms with Crippen LogP contribution in [0.1, 0.15) is 22.5 Å². The second kappa shape index (κ2) is 8.19. The molecule has 136 valence electrons. The molecule has 26 heavy (non-hydrogen) atoms. The number of hydrogen-bond donors (Lipinski definition) is 1. The molecule has 1 saturated heterocycles. The standard InChI is InChI=1S/C18H19N3O5/c22-16(12-19-17(23)15-8-4-11-25-15)20-9-5-10-21(20)18(24)26-13-14-6-2-1-3-7-14/h1-4,6-8,11H,5,9-10,12-13H2,(H,19,23). The molecule has 0 spiro atoms. The summed E-state index contributed by atoms with van der Waals surface area (Å²) in [5.74, 6) is -0.752. The fourth-order valence-corrected chi connectivity index (χ4v) is 2.60. The molecule has 1 aliphatic rings. The molecule has 3 rings (SSSR count). The van der Waals surface area contributed by atoms with E-state index in [0.29, 0.717) is 19.5 Å². The van der Waals surface area contributed by atoms with Crippen molar-refractivity contribution in [3.05, 3.63) is 60.1 Å². The first kappa shape index (κ1) is 17.5. The molecule has 0 bridgehead atoms. The zero-order valence-electron chi connectivity index (χ0n) is 14.1. The smallest absolute Gasteiger partial charge is 0.429 e. The van der Waals surface area contributed by atoms with Gasteiger partial charge < -0.3 is 14.5 Å². The van der Waals surface area contributed by atoms with Gasteiger partial charge in [0.2, 0.25) is 0 Å². The lowest BCUT2D eigenvalue weighted by atomic mass is 10.2. The van der Waals surface area contributed by atoms with Gasteiger partial charge in [0, 0.05) is 13.1 Å². The molecule has 1 aromatic heterocycles. The van der Waals surface area contributed by atoms with Crippen molar-refractivity contribution in [2.24, 2.45) is 0 Å². The number of ether oxygens (including phenoxy) is 1. The number of carbonyl (C=O) groups excluding carboxylic acids is 3. The largest absolute Gasteiger partial charge is 0.459 e. The van der Waals surface area contributed by atoms with Gasteiger partial charge in [0.1, 0.15) is 6.61 Å². The number of nitrogens with zero attached hydrogens (tertiary/aromatic N) is 2. The number of nitrogens with one attached hydrogen (secondary N) is 1. The molecule has 2 heterocycles. The molecule has 3 amide bonds. The van der Waals surface area contributed by atoms with Crippen LogP contribution in [-0.2, 0) is 16.1 Å². The van der Waals surface area contributed by atoms with E-state index < -0.39 is 12.0 Å². The van der Waals surface area contributed by atoms with Crippen LogP contribution < -0.4 is 5.32 Å². The number of hydrogen-bond acceptors (Lipinski definition) is 5. The summed E-state index contributed by atoms with van der Waals surface area (Å²) in [6.45, 7) is 0.691. The molecule has 0 unspecified atom stereocenters. The first-order chi connectivity index (χ1) is 12.6. The zero-order chi connectivity index (χ0) is 18.4. The van der Waals surface area contributed by atoms with E-state index in [9.17, 15) is 14.4 Å². The maximum Gasteiger partial charge on any atom is 0.429 e. The first-order valence-corrected chi connectivity index (χ1v) is 8.25. The number of hydrazine groups is 1. The minimum absolute atomic E-state index is 0.123. The predicted octanol–water partition coefficient (Wildman–Crippen LogP) is 1.80. The van der Waals surface area contributed by atoms with E-state index in [4.69, 9.17) is 9.15 Å². The van der Waals surface area contributed by atoms with Crippen molar-refractivity contribution in [2.75, 3.05) is 19.6 Å². The maximum atomic E-state index is 12.3. The summed E-state index contributed by atoms with van der Waals surface area (Å²) in [6.07, 6.45) is 1.44. The van der Waals surface area contributed by atoms with Gasteiger partial charge in [-0.2, -0.15) is 0 Å². The van der Waals surface area contributed by atoms with Gasteiger partial charge in [0.25, 0.3) is 11.8 Å². The number of rotatable bonds is 5. The van der Waals surface area contributed by atoms with Gasteiger partial charge in [-0.3, -0.25) is 9.59 Å². The van der Waals surface area contributed by atoms with E-state index in [1.807, 2.05) is 30.3 Å². The Hall–Kier alpha value is -3.29. The Kier molecular flexibility index (Phi) is 5.52. The third-order valence-corrected chi connectivity index (χ3v) is 3.88. The molecule has 0 atom stereocenters. The number of furan rings is 1. The number of benzene rings is 1. The molecular formula is C18H19N3O5. The summed E-state index contributed by atoms with van der Waals surface area (Å²) in [5.41, 5.74) is 0.864. The Labute approximate surface area is 150 Å². The zero-order valence-corrected chi connectivity index (χ0v) is 14.1. The molecule has 8 heteroatoms. The summed E-state index contributed by atoms with van der Waals surface area (Å²) >= 11 is 0. The average molecular weight is 357 g/mol. The highest BCUT2D eigenvalue weighted by atomic mass is 16.6. The van der Waals surface area contributed by atoms with Crippen LogP contribution in [0.5, 0.6) is 0 Å². The second-order valence-electron chi connectivity index (χ2n) is 5.69. The van der Waals surface area contributed by atoms with Crippen molar-refractivity contribution in [3.63, 3.8) is 0 Å². The van der Waals surface area contributed by atoms with Gasteiger partial charge in [0.15, 0.2) is 5.76 Å². The molecule has 1 N–H and O–H groups in total. The van der Waals surface area contributed by atoms with Gasteiger partial charge in [-0.25, -0.2) is 14.8 Å². The Morgan fingerprint density at radius 1 is 1.04 bits per heavy atom. The van der Waals surface area contributed by atoms with Crippen molar-refractivity contribution in [2.45, 2.75) is 13.0 Å². The minimum atomic E-state index is -0.586. The van der Waals surface area contributed by atoms with Crippen LogP contribution in [0, 0.1) is 0 Å². The molecule has 0 radical (unpaired) electrons. The molecule has 2 aromatic rings. The lowest BCUT2D eigenvalue weighted by molar-refractivity contribution is -0.140. The summed E-state index contributed by atoms with van der Waals surface area (Å²) in [4.78, 5) is 36.4. The summed E-state index contributed by atoms with van der Waals surface area (Å²) < 4.78 is 10.2. The normalized spacial score (nSPS) is 13.5. The Bertz CT molecular complexity index is 760. The lowest BCUT2D eigenvalue weighted by Crippen LogP contribution is -2.48. The average Bonchev–Trinajstić information content (AvgIpc) is 3.36. The summed E-state index contributed by atoms with van der Waals surface area (Å²) in [7, 11) is 0. The van der Waals surface area contributed by atoms with Gasteiger partial charge in [-0.05, 0) is 24.1 Å². The molecule has 0 aliphatic carbocycles. The van der Waals surface area contributed by atoms with Crippen molar-refractivity contribution in [1.29, 1.82) is 0 Å². The van der Waals surface area contributed by atoms with Crippen molar-refractivity contribution in [1.82, 2.24) is 15.3 Å². The minimum Gasteiger partial charge on any atom is -0.459 e. The van der Waals surface area contributed by atoms with Crippen LogP contribution in [0.15, 0.2) is 53.1 Å². The van der Waals surface area contributed by atoms with Gasteiger partial charge in [0.05, 0.1) is 12.8 Å². The van der Waals surface area contributed by atoms with Crippen LogP contribution in [0.4, 0.5) is 4.79 Å². The van der Waals surface area contributed by atoms with Crippen LogP contribution in [-0.4, -0.2) is 47.6 Å². The number of carbonyl (C=O) groups is 3. The van der Waals surface area contributed by atoms with Gasteiger partial charge in [-0.15, -0.1) is 0 Å². The third-order valence-electron chi connectivity index (χ3n) is 3.88. The van der Waals surface area contributed by atoms with Crippen LogP contribution in [0.2, 0.25) is 0 Å². The Balaban J connectivity index is 1.51. The SMILES string of the molecule is O=C(NCC(=O)N1CCCN1C(=O)OCc1ccccc1)c1ccco1. The molecule has 8 nitrogen and oxygen atoms in total. The highest BCUT2D eigenvalue weighted by Gasteiger charge is 2.31. The van der Waals surface area contributed by atoms with Crippen molar-refractivity contribution in [3.8, 4) is 0 Å². The second-order valence-corrected chi connectivity index (χ2v) is 5.69. The Morgan fingerprint density at radius 3 is 2.54 bits per heavy atom. The van der Waals surface area contributed by atoms with E-state index in [-0.39, 0.29) is 24.8 Å². The quantitative estimate of drug-likeness (QED) is 0.881. The van der Waals surface area contributed by atoms with E-state index >= 15 is 0 Å². The Morgan fingerprint density at radius 2 is 1.81 bits per heavy atom. The highest BCUT2D eigenvalue weighted by molar-refractivity contribution is 5.94. The van der Waals surface area contributed by atoms with Crippen LogP contribution in [0.25, 0.3) is 0 Å². The number of amides is 3. The highest BCUT2D eigenvalue weighted by Crippen LogP contribution is 2.13. The van der Waals surface area contributed by atoms with Crippen molar-refractivity contribution < 1.29 is 23.5 Å². The molecule has 1 aromatic carbocycles. The van der Waals surface area contributed by atoms with E-state index in [1.54, 1.807) is 6.07 Å². The van der Waals surface area contributed by atoms with Crippen LogP contribution in [0.3, 0.4) is 0 Å². The maximum absolute atomic E-state index is 12.3. The first-order valence-electron chi connectivity index (χ1n) is 8.25. The van der Waals surface area contributed by atoms with Gasteiger partial charge in [-0.1, -0.05) is 30.3 Å². The van der Waals surface area contributed by atoms with E-state index in [0.717, 1.165) is 5.56 Å². The monoisotopic (exact) mass is 357 g/mol. The summed E-state index contributed by atoms with van der Waals surface area (Å²) in [6, 6.07) is 12.4. The molecule has 1 fully saturated rings. The predicted molar refractivity (Wildman–Crippen MR) is 90.7 cm³/mol. The van der Waals surface area contributed by atoms with Crippen LogP contribution >= 0.6 is 0 Å². The lowest BCUT2D eigenvalue weighted by Gasteiger charge is -2.27. The summed E-state index contributed by atoms with van der Waals surface area (Å²) in [5, 5.41) is 5.05. The van der Waals surface area contributed by atoms with Gasteiger partial charge >= 0.3 is 6.09 Å². The molecular weight excluding hydrogens is 338 g/mol. The fraction of sp³-hybridized carbons (Fsp3) is 0.278. The molecule has 0 saturated carbocycles. The molecule has 1 aliphatic heterocycles. The topological polar surface area (TPSA) is 92.1 Å². The third kappa shape index (κ3) is 4.21. The van der Waals surface area contributed by atoms with E-state index in [2.05, 4.69) is 5.32 Å². The van der Waals surface area contributed by atoms with E-state index in [1.165, 1.54) is 22.3 Å².